The highest BCUT2D eigenvalue weighted by Crippen LogP contribution is 2.28. The summed E-state index contributed by atoms with van der Waals surface area (Å²) in [6, 6.07) is 0. The summed E-state index contributed by atoms with van der Waals surface area (Å²) in [5.74, 6) is 1.72. The van der Waals surface area contributed by atoms with Gasteiger partial charge in [-0.2, -0.15) is 0 Å². The first-order valence-corrected chi connectivity index (χ1v) is 4.20. The minimum Gasteiger partial charge on any atom is -0.381 e. The number of fused-ring (bicyclic) bond motifs is 1. The second-order valence-electron chi connectivity index (χ2n) is 3.41. The van der Waals surface area contributed by atoms with Gasteiger partial charge in [0.25, 0.3) is 0 Å². The monoisotopic (exact) mass is 141 g/mol. The molecular formula is C8H15NO. The lowest BCUT2D eigenvalue weighted by Gasteiger charge is -2.12. The van der Waals surface area contributed by atoms with Crippen LogP contribution < -0.4 is 0 Å². The molecule has 0 saturated carbocycles. The molecule has 0 radical (unpaired) electrons. The van der Waals surface area contributed by atoms with Crippen molar-refractivity contribution in [3.05, 3.63) is 0 Å². The molecule has 0 aromatic carbocycles. The summed E-state index contributed by atoms with van der Waals surface area (Å²) in [7, 11) is 0. The van der Waals surface area contributed by atoms with Gasteiger partial charge in [0, 0.05) is 24.9 Å². The molecule has 0 unspecified atom stereocenters. The second kappa shape index (κ2) is 2.51. The molecule has 2 rings (SSSR count). The van der Waals surface area contributed by atoms with Crippen molar-refractivity contribution in [2.45, 2.75) is 6.92 Å². The predicted octanol–water partition coefficient (Wildman–Crippen LogP) is 0.585. The van der Waals surface area contributed by atoms with Gasteiger partial charge in [0.05, 0.1) is 13.2 Å². The molecule has 2 heteroatoms. The maximum absolute atomic E-state index is 5.38. The van der Waals surface area contributed by atoms with Gasteiger partial charge in [0.1, 0.15) is 0 Å². The normalized spacial score (nSPS) is 40.5. The molecule has 10 heavy (non-hydrogen) atoms. The molecule has 0 aliphatic carbocycles. The molecule has 2 heterocycles. The highest BCUT2D eigenvalue weighted by Gasteiger charge is 2.35. The van der Waals surface area contributed by atoms with Crippen LogP contribution in [0.1, 0.15) is 6.92 Å². The Bertz CT molecular complexity index is 114. The molecule has 0 amide bonds. The molecule has 2 saturated heterocycles. The van der Waals surface area contributed by atoms with Crippen LogP contribution in [-0.2, 0) is 4.74 Å². The average molecular weight is 141 g/mol. The van der Waals surface area contributed by atoms with E-state index in [1.807, 2.05) is 0 Å². The Labute approximate surface area is 62.2 Å². The third kappa shape index (κ3) is 0.956. The average Bonchev–Trinajstić information content (AvgIpc) is 2.42. The first-order chi connectivity index (χ1) is 4.90. The number of hydrogen-bond donors (Lipinski definition) is 0. The summed E-state index contributed by atoms with van der Waals surface area (Å²) in [6.45, 7) is 8.04. The fraction of sp³-hybridized carbons (Fsp3) is 1.00. The fourth-order valence-electron chi connectivity index (χ4n) is 2.04. The van der Waals surface area contributed by atoms with Crippen molar-refractivity contribution in [1.29, 1.82) is 0 Å². The molecule has 2 nitrogen and oxygen atoms in total. The number of hydrogen-bond acceptors (Lipinski definition) is 2. The van der Waals surface area contributed by atoms with Gasteiger partial charge in [-0.05, 0) is 6.54 Å². The lowest BCUT2D eigenvalue weighted by molar-refractivity contribution is 0.156. The van der Waals surface area contributed by atoms with Gasteiger partial charge in [-0.25, -0.2) is 0 Å². The molecule has 2 fully saturated rings. The quantitative estimate of drug-likeness (QED) is 0.530. The lowest BCUT2D eigenvalue weighted by atomic mass is 10.0. The van der Waals surface area contributed by atoms with E-state index in [4.69, 9.17) is 4.74 Å². The summed E-state index contributed by atoms with van der Waals surface area (Å²) in [5, 5.41) is 0. The SMILES string of the molecule is CCN1C[C@@H]2COC[C@H]2C1. The van der Waals surface area contributed by atoms with Crippen LogP contribution in [0.4, 0.5) is 0 Å². The molecule has 0 bridgehead atoms. The topological polar surface area (TPSA) is 12.5 Å². The van der Waals surface area contributed by atoms with Crippen molar-refractivity contribution in [3.8, 4) is 0 Å². The lowest BCUT2D eigenvalue weighted by Crippen LogP contribution is -2.22. The van der Waals surface area contributed by atoms with Crippen LogP contribution in [0.3, 0.4) is 0 Å². The van der Waals surface area contributed by atoms with Crippen molar-refractivity contribution < 1.29 is 4.74 Å². The number of nitrogens with zero attached hydrogens (tertiary/aromatic N) is 1. The van der Waals surface area contributed by atoms with Crippen molar-refractivity contribution in [2.24, 2.45) is 11.8 Å². The third-order valence-electron chi connectivity index (χ3n) is 2.76. The minimum absolute atomic E-state index is 0.861. The van der Waals surface area contributed by atoms with Crippen LogP contribution in [0.5, 0.6) is 0 Å². The molecule has 0 aromatic rings. The van der Waals surface area contributed by atoms with Crippen LogP contribution in [-0.4, -0.2) is 37.7 Å². The summed E-state index contributed by atoms with van der Waals surface area (Å²) in [6.07, 6.45) is 0. The van der Waals surface area contributed by atoms with Gasteiger partial charge < -0.3 is 9.64 Å². The molecule has 0 N–H and O–H groups in total. The number of rotatable bonds is 1. The van der Waals surface area contributed by atoms with E-state index >= 15 is 0 Å². The Kier molecular flexibility index (Phi) is 1.66. The van der Waals surface area contributed by atoms with Gasteiger partial charge in [-0.3, -0.25) is 0 Å². The first kappa shape index (κ1) is 6.62. The summed E-state index contributed by atoms with van der Waals surface area (Å²) >= 11 is 0. The maximum atomic E-state index is 5.38. The van der Waals surface area contributed by atoms with E-state index in [1.54, 1.807) is 0 Å². The van der Waals surface area contributed by atoms with Gasteiger partial charge in [-0.1, -0.05) is 6.92 Å². The Hall–Kier alpha value is -0.0800. The zero-order chi connectivity index (χ0) is 6.97. The minimum atomic E-state index is 0.861. The van der Waals surface area contributed by atoms with E-state index in [2.05, 4.69) is 11.8 Å². The standard InChI is InChI=1S/C8H15NO/c1-2-9-3-7-5-10-6-8(7)4-9/h7-8H,2-6H2,1H3/t7-,8-/m1/s1. The zero-order valence-electron chi connectivity index (χ0n) is 6.55. The van der Waals surface area contributed by atoms with E-state index < -0.39 is 0 Å². The van der Waals surface area contributed by atoms with E-state index in [-0.39, 0.29) is 0 Å². The third-order valence-corrected chi connectivity index (χ3v) is 2.76. The van der Waals surface area contributed by atoms with Gasteiger partial charge in [0.15, 0.2) is 0 Å². The highest BCUT2D eigenvalue weighted by molar-refractivity contribution is 4.86. The summed E-state index contributed by atoms with van der Waals surface area (Å²) in [4.78, 5) is 2.53. The Morgan fingerprint density at radius 3 is 2.40 bits per heavy atom. The molecule has 2 aliphatic rings. The van der Waals surface area contributed by atoms with E-state index in [0.29, 0.717) is 0 Å². The molecule has 0 spiro atoms. The van der Waals surface area contributed by atoms with Crippen LogP contribution in [0.25, 0.3) is 0 Å². The molecule has 0 aromatic heterocycles. The first-order valence-electron chi connectivity index (χ1n) is 4.20. The van der Waals surface area contributed by atoms with Crippen molar-refractivity contribution >= 4 is 0 Å². The highest BCUT2D eigenvalue weighted by atomic mass is 16.5. The fourth-order valence-corrected chi connectivity index (χ4v) is 2.04. The van der Waals surface area contributed by atoms with Crippen LogP contribution in [0, 0.1) is 11.8 Å². The number of ether oxygens (including phenoxy) is 1. The smallest absolute Gasteiger partial charge is 0.0510 e. The number of likely N-dealkylation sites (tertiary alicyclic amines) is 1. The molecule has 2 atom stereocenters. The van der Waals surface area contributed by atoms with E-state index in [0.717, 1.165) is 25.0 Å². The van der Waals surface area contributed by atoms with Gasteiger partial charge >= 0.3 is 0 Å². The van der Waals surface area contributed by atoms with E-state index in [1.165, 1.54) is 19.6 Å². The van der Waals surface area contributed by atoms with Crippen LogP contribution >= 0.6 is 0 Å². The van der Waals surface area contributed by atoms with Crippen LogP contribution in [0.15, 0.2) is 0 Å². The zero-order valence-corrected chi connectivity index (χ0v) is 6.55. The predicted molar refractivity (Wildman–Crippen MR) is 39.9 cm³/mol. The largest absolute Gasteiger partial charge is 0.381 e. The van der Waals surface area contributed by atoms with Crippen molar-refractivity contribution in [3.63, 3.8) is 0 Å². The summed E-state index contributed by atoms with van der Waals surface area (Å²) < 4.78 is 5.38. The molecule has 2 aliphatic heterocycles. The van der Waals surface area contributed by atoms with E-state index in [9.17, 15) is 0 Å². The second-order valence-corrected chi connectivity index (χ2v) is 3.41. The van der Waals surface area contributed by atoms with Gasteiger partial charge in [0.2, 0.25) is 0 Å². The van der Waals surface area contributed by atoms with Crippen LogP contribution in [0.2, 0.25) is 0 Å². The summed E-state index contributed by atoms with van der Waals surface area (Å²) in [5.41, 5.74) is 0. The van der Waals surface area contributed by atoms with Gasteiger partial charge in [-0.15, -0.1) is 0 Å². The Morgan fingerprint density at radius 1 is 1.30 bits per heavy atom. The molecular weight excluding hydrogens is 126 g/mol. The van der Waals surface area contributed by atoms with Crippen molar-refractivity contribution in [2.75, 3.05) is 32.8 Å². The molecule has 58 valence electrons. The van der Waals surface area contributed by atoms with Crippen molar-refractivity contribution in [1.82, 2.24) is 4.90 Å². The Morgan fingerprint density at radius 2 is 1.90 bits per heavy atom. The maximum Gasteiger partial charge on any atom is 0.0510 e. The Balaban J connectivity index is 1.94.